The van der Waals surface area contributed by atoms with Crippen LogP contribution in [0.15, 0.2) is 77.7 Å². The van der Waals surface area contributed by atoms with Crippen LogP contribution in [0.1, 0.15) is 16.7 Å². The highest BCUT2D eigenvalue weighted by atomic mass is 32.2. The molecule has 168 valence electrons. The van der Waals surface area contributed by atoms with E-state index in [0.29, 0.717) is 30.1 Å². The lowest BCUT2D eigenvalue weighted by atomic mass is 10.1. The Morgan fingerprint density at radius 2 is 1.61 bits per heavy atom. The van der Waals surface area contributed by atoms with Crippen molar-refractivity contribution in [1.29, 1.82) is 0 Å². The zero-order valence-electron chi connectivity index (χ0n) is 18.0. The predicted octanol–water partition coefficient (Wildman–Crippen LogP) is 5.83. The second-order valence-corrected chi connectivity index (χ2v) is 8.40. The monoisotopic (exact) mass is 463 g/mol. The SMILES string of the molecule is Cc1ccc(OCCOc2ccccc2/C=C2\SC(=O)N(Cc3ccccc3F)C2=O)cc1. The van der Waals surface area contributed by atoms with E-state index in [4.69, 9.17) is 9.47 Å². The lowest BCUT2D eigenvalue weighted by Crippen LogP contribution is -2.27. The molecule has 3 aromatic carbocycles. The molecule has 0 radical (unpaired) electrons. The van der Waals surface area contributed by atoms with E-state index in [1.807, 2.05) is 43.3 Å². The van der Waals surface area contributed by atoms with Gasteiger partial charge in [0.25, 0.3) is 11.1 Å². The van der Waals surface area contributed by atoms with E-state index in [9.17, 15) is 14.0 Å². The van der Waals surface area contributed by atoms with E-state index in [2.05, 4.69) is 0 Å². The normalized spacial score (nSPS) is 14.7. The van der Waals surface area contributed by atoms with Crippen LogP contribution in [0.25, 0.3) is 6.08 Å². The topological polar surface area (TPSA) is 55.8 Å². The van der Waals surface area contributed by atoms with Crippen molar-refractivity contribution >= 4 is 29.0 Å². The molecular weight excluding hydrogens is 441 g/mol. The van der Waals surface area contributed by atoms with Crippen molar-refractivity contribution in [2.75, 3.05) is 13.2 Å². The van der Waals surface area contributed by atoms with E-state index in [1.165, 1.54) is 6.07 Å². The molecule has 0 spiro atoms. The third kappa shape index (κ3) is 5.62. The Morgan fingerprint density at radius 1 is 0.909 bits per heavy atom. The summed E-state index contributed by atoms with van der Waals surface area (Å²) in [6.45, 7) is 2.58. The van der Waals surface area contributed by atoms with Crippen LogP contribution in [0.2, 0.25) is 0 Å². The Bertz CT molecular complexity index is 1190. The Labute approximate surface area is 195 Å². The number of carbonyl (C=O) groups excluding carboxylic acids is 2. The molecule has 2 amide bonds. The molecule has 5 nitrogen and oxygen atoms in total. The number of hydrogen-bond acceptors (Lipinski definition) is 5. The van der Waals surface area contributed by atoms with Gasteiger partial charge in [-0.15, -0.1) is 0 Å². The number of thioether (sulfide) groups is 1. The molecule has 3 aromatic rings. The van der Waals surface area contributed by atoms with Crippen molar-refractivity contribution in [3.05, 3.63) is 100 Å². The number of hydrogen-bond donors (Lipinski definition) is 0. The summed E-state index contributed by atoms with van der Waals surface area (Å²) >= 11 is 0.833. The summed E-state index contributed by atoms with van der Waals surface area (Å²) < 4.78 is 25.5. The van der Waals surface area contributed by atoms with Crippen LogP contribution in [0.3, 0.4) is 0 Å². The smallest absolute Gasteiger partial charge is 0.293 e. The molecule has 33 heavy (non-hydrogen) atoms. The molecular formula is C26H22FNO4S. The summed E-state index contributed by atoms with van der Waals surface area (Å²) in [6.07, 6.45) is 1.63. The first-order valence-electron chi connectivity index (χ1n) is 10.4. The number of ether oxygens (including phenoxy) is 2. The van der Waals surface area contributed by atoms with Gasteiger partial charge in [0, 0.05) is 11.1 Å². The fourth-order valence-electron chi connectivity index (χ4n) is 3.25. The first-order valence-corrected chi connectivity index (χ1v) is 11.2. The molecule has 0 aromatic heterocycles. The number of aryl methyl sites for hydroxylation is 1. The van der Waals surface area contributed by atoms with Crippen molar-refractivity contribution in [1.82, 2.24) is 4.90 Å². The minimum atomic E-state index is -0.453. The van der Waals surface area contributed by atoms with Crippen molar-refractivity contribution < 1.29 is 23.5 Å². The first-order chi connectivity index (χ1) is 16.0. The largest absolute Gasteiger partial charge is 0.490 e. The maximum atomic E-state index is 14.0. The fraction of sp³-hybridized carbons (Fsp3) is 0.154. The number of para-hydroxylation sites is 1. The van der Waals surface area contributed by atoms with E-state index in [1.54, 1.807) is 36.4 Å². The lowest BCUT2D eigenvalue weighted by molar-refractivity contribution is -0.123. The molecule has 1 heterocycles. The molecule has 1 saturated heterocycles. The van der Waals surface area contributed by atoms with Crippen LogP contribution in [-0.2, 0) is 11.3 Å². The van der Waals surface area contributed by atoms with Gasteiger partial charge in [-0.2, -0.15) is 0 Å². The minimum Gasteiger partial charge on any atom is -0.490 e. The summed E-state index contributed by atoms with van der Waals surface area (Å²) in [4.78, 5) is 26.5. The zero-order valence-corrected chi connectivity index (χ0v) is 18.8. The standard InChI is InChI=1S/C26H22FNO4S/c1-18-10-12-21(13-11-18)31-14-15-32-23-9-5-3-6-19(23)16-24-25(29)28(26(30)33-24)17-20-7-2-4-8-22(20)27/h2-13,16H,14-15,17H2,1H3/b24-16-. The highest BCUT2D eigenvalue weighted by Gasteiger charge is 2.35. The summed E-state index contributed by atoms with van der Waals surface area (Å²) in [7, 11) is 0. The Hall–Kier alpha value is -3.58. The summed E-state index contributed by atoms with van der Waals surface area (Å²) in [6, 6.07) is 21.1. The number of rotatable bonds is 8. The number of amides is 2. The van der Waals surface area contributed by atoms with Gasteiger partial charge in [-0.1, -0.05) is 54.1 Å². The van der Waals surface area contributed by atoms with Gasteiger partial charge in [0.05, 0.1) is 11.4 Å². The molecule has 0 bridgehead atoms. The molecule has 1 aliphatic heterocycles. The Kier molecular flexibility index (Phi) is 7.10. The molecule has 0 aliphatic carbocycles. The second kappa shape index (κ2) is 10.4. The summed E-state index contributed by atoms with van der Waals surface area (Å²) in [5, 5.41) is -0.431. The summed E-state index contributed by atoms with van der Waals surface area (Å²) in [5.41, 5.74) is 2.12. The van der Waals surface area contributed by atoms with Gasteiger partial charge in [-0.3, -0.25) is 14.5 Å². The highest BCUT2D eigenvalue weighted by molar-refractivity contribution is 8.18. The lowest BCUT2D eigenvalue weighted by Gasteiger charge is -2.13. The van der Waals surface area contributed by atoms with Crippen LogP contribution < -0.4 is 9.47 Å². The molecule has 0 saturated carbocycles. The third-order valence-corrected chi connectivity index (χ3v) is 5.90. The average Bonchev–Trinajstić information content (AvgIpc) is 3.07. The van der Waals surface area contributed by atoms with Gasteiger partial charge >= 0.3 is 0 Å². The maximum absolute atomic E-state index is 14.0. The number of halogens is 1. The quantitative estimate of drug-likeness (QED) is 0.311. The van der Waals surface area contributed by atoms with Crippen LogP contribution in [0.4, 0.5) is 9.18 Å². The zero-order chi connectivity index (χ0) is 23.2. The maximum Gasteiger partial charge on any atom is 0.293 e. The van der Waals surface area contributed by atoms with E-state index < -0.39 is 17.0 Å². The number of carbonyl (C=O) groups is 2. The van der Waals surface area contributed by atoms with Gasteiger partial charge in [0.15, 0.2) is 0 Å². The second-order valence-electron chi connectivity index (χ2n) is 7.41. The van der Waals surface area contributed by atoms with Crippen molar-refractivity contribution in [2.45, 2.75) is 13.5 Å². The average molecular weight is 464 g/mol. The Morgan fingerprint density at radius 3 is 2.39 bits per heavy atom. The molecule has 4 rings (SSSR count). The number of benzene rings is 3. The fourth-order valence-corrected chi connectivity index (χ4v) is 4.08. The van der Waals surface area contributed by atoms with Gasteiger partial charge in [0.1, 0.15) is 30.5 Å². The third-order valence-electron chi connectivity index (χ3n) is 5.00. The van der Waals surface area contributed by atoms with Crippen molar-refractivity contribution in [3.63, 3.8) is 0 Å². The predicted molar refractivity (Wildman–Crippen MR) is 127 cm³/mol. The van der Waals surface area contributed by atoms with E-state index in [0.717, 1.165) is 28.0 Å². The van der Waals surface area contributed by atoms with E-state index >= 15 is 0 Å². The number of imide groups is 1. The molecule has 0 N–H and O–H groups in total. The van der Waals surface area contributed by atoms with Gasteiger partial charge in [-0.25, -0.2) is 4.39 Å². The van der Waals surface area contributed by atoms with Crippen molar-refractivity contribution in [3.8, 4) is 11.5 Å². The molecule has 0 unspecified atom stereocenters. The van der Waals surface area contributed by atoms with Crippen LogP contribution in [0, 0.1) is 12.7 Å². The van der Waals surface area contributed by atoms with Gasteiger partial charge in [0.2, 0.25) is 0 Å². The Balaban J connectivity index is 1.41. The van der Waals surface area contributed by atoms with Crippen LogP contribution >= 0.6 is 11.8 Å². The minimum absolute atomic E-state index is 0.108. The van der Waals surface area contributed by atoms with Crippen LogP contribution in [0.5, 0.6) is 11.5 Å². The molecule has 1 aliphatic rings. The van der Waals surface area contributed by atoms with Gasteiger partial charge < -0.3 is 9.47 Å². The highest BCUT2D eigenvalue weighted by Crippen LogP contribution is 2.35. The van der Waals surface area contributed by atoms with Crippen LogP contribution in [-0.4, -0.2) is 29.3 Å². The molecule has 0 atom stereocenters. The van der Waals surface area contributed by atoms with E-state index in [-0.39, 0.29) is 11.4 Å². The molecule has 1 fully saturated rings. The molecule has 7 heteroatoms. The summed E-state index contributed by atoms with van der Waals surface area (Å²) in [5.74, 6) is 0.435. The van der Waals surface area contributed by atoms with Gasteiger partial charge in [-0.05, 0) is 49.0 Å². The first kappa shape index (κ1) is 22.6. The van der Waals surface area contributed by atoms with Crippen molar-refractivity contribution in [2.24, 2.45) is 0 Å². The number of nitrogens with zero attached hydrogens (tertiary/aromatic N) is 1.